The molecule has 0 bridgehead atoms. The van der Waals surface area contributed by atoms with E-state index in [1.54, 1.807) is 14.2 Å². The Morgan fingerprint density at radius 3 is 2.63 bits per heavy atom. The van der Waals surface area contributed by atoms with Crippen LogP contribution in [-0.4, -0.2) is 32.5 Å². The van der Waals surface area contributed by atoms with Crippen LogP contribution in [0.2, 0.25) is 0 Å². The average molecular weight is 265 g/mol. The first-order valence-corrected chi connectivity index (χ1v) is 6.89. The normalized spacial score (nSPS) is 17.9. The Bertz CT molecular complexity index is 420. The Morgan fingerprint density at radius 2 is 1.95 bits per heavy atom. The molecule has 19 heavy (non-hydrogen) atoms. The van der Waals surface area contributed by atoms with Gasteiger partial charge in [-0.15, -0.1) is 0 Å². The number of rotatable bonds is 6. The largest absolute Gasteiger partial charge is 0.493 e. The van der Waals surface area contributed by atoms with Crippen molar-refractivity contribution in [3.8, 4) is 11.5 Å². The molecule has 1 heterocycles. The first-order chi connectivity index (χ1) is 9.30. The molecular weight excluding hydrogens is 242 g/mol. The topological polar surface area (TPSA) is 50.7 Å². The van der Waals surface area contributed by atoms with Crippen molar-refractivity contribution < 1.29 is 14.6 Å². The van der Waals surface area contributed by atoms with E-state index in [4.69, 9.17) is 14.6 Å². The summed E-state index contributed by atoms with van der Waals surface area (Å²) >= 11 is 0. The molecule has 0 saturated heterocycles. The van der Waals surface area contributed by atoms with Crippen LogP contribution >= 0.6 is 0 Å². The maximum Gasteiger partial charge on any atom is 0.161 e. The Labute approximate surface area is 114 Å². The van der Waals surface area contributed by atoms with E-state index in [0.29, 0.717) is 6.04 Å². The van der Waals surface area contributed by atoms with E-state index in [1.807, 2.05) is 0 Å². The van der Waals surface area contributed by atoms with E-state index in [9.17, 15) is 0 Å². The summed E-state index contributed by atoms with van der Waals surface area (Å²) in [5, 5.41) is 12.4. The van der Waals surface area contributed by atoms with Gasteiger partial charge in [-0.25, -0.2) is 0 Å². The zero-order valence-electron chi connectivity index (χ0n) is 11.7. The summed E-state index contributed by atoms with van der Waals surface area (Å²) in [5.41, 5.74) is 2.65. The molecule has 0 spiro atoms. The lowest BCUT2D eigenvalue weighted by molar-refractivity contribution is 0.278. The third kappa shape index (κ3) is 3.19. The van der Waals surface area contributed by atoms with E-state index in [2.05, 4.69) is 17.4 Å². The van der Waals surface area contributed by atoms with E-state index >= 15 is 0 Å². The number of aliphatic hydroxyl groups is 1. The lowest BCUT2D eigenvalue weighted by Gasteiger charge is -2.28. The van der Waals surface area contributed by atoms with Crippen molar-refractivity contribution in [2.75, 3.05) is 27.4 Å². The molecule has 1 aliphatic heterocycles. The van der Waals surface area contributed by atoms with E-state index in [0.717, 1.165) is 43.7 Å². The lowest BCUT2D eigenvalue weighted by atomic mass is 9.90. The molecule has 106 valence electrons. The van der Waals surface area contributed by atoms with Gasteiger partial charge in [-0.1, -0.05) is 0 Å². The molecule has 4 heteroatoms. The predicted octanol–water partition coefficient (Wildman–Crippen LogP) is 2.05. The SMILES string of the molecule is COc1cc2c(cc1OC)[C@H](CCCCO)NCC2. The minimum atomic E-state index is 0.269. The lowest BCUT2D eigenvalue weighted by Crippen LogP contribution is -2.30. The molecule has 0 aromatic heterocycles. The highest BCUT2D eigenvalue weighted by atomic mass is 16.5. The zero-order chi connectivity index (χ0) is 13.7. The minimum Gasteiger partial charge on any atom is -0.493 e. The standard InChI is InChI=1S/C15H23NO3/c1-18-14-9-11-6-7-16-13(5-3-4-8-17)12(11)10-15(14)19-2/h9-10,13,16-17H,3-8H2,1-2H3/t13-/m0/s1. The van der Waals surface area contributed by atoms with Gasteiger partial charge in [-0.05, 0) is 55.5 Å². The Balaban J connectivity index is 2.22. The van der Waals surface area contributed by atoms with Crippen molar-refractivity contribution in [3.63, 3.8) is 0 Å². The molecule has 0 radical (unpaired) electrons. The molecule has 0 amide bonds. The quantitative estimate of drug-likeness (QED) is 0.773. The van der Waals surface area contributed by atoms with Crippen LogP contribution in [0.3, 0.4) is 0 Å². The molecule has 2 N–H and O–H groups in total. The number of methoxy groups -OCH3 is 2. The Kier molecular flexibility index (Phi) is 5.05. The van der Waals surface area contributed by atoms with Crippen LogP contribution in [0.25, 0.3) is 0 Å². The molecule has 0 aliphatic carbocycles. The Hall–Kier alpha value is -1.26. The third-order valence-corrected chi connectivity index (χ3v) is 3.71. The molecule has 1 aromatic carbocycles. The molecule has 1 aromatic rings. The summed E-state index contributed by atoms with van der Waals surface area (Å²) in [5.74, 6) is 1.59. The predicted molar refractivity (Wildman–Crippen MR) is 74.9 cm³/mol. The van der Waals surface area contributed by atoms with E-state index in [1.165, 1.54) is 11.1 Å². The van der Waals surface area contributed by atoms with Gasteiger partial charge in [0.1, 0.15) is 0 Å². The number of nitrogens with one attached hydrogen (secondary N) is 1. The van der Waals surface area contributed by atoms with Crippen LogP contribution in [0, 0.1) is 0 Å². The molecule has 1 aliphatic rings. The van der Waals surface area contributed by atoms with Crippen LogP contribution in [0.4, 0.5) is 0 Å². The van der Waals surface area contributed by atoms with Gasteiger partial charge in [-0.2, -0.15) is 0 Å². The summed E-state index contributed by atoms with van der Waals surface area (Å²) in [6.07, 6.45) is 3.96. The number of fused-ring (bicyclic) bond motifs is 1. The van der Waals surface area contributed by atoms with Gasteiger partial charge in [0, 0.05) is 12.6 Å². The summed E-state index contributed by atoms with van der Waals surface area (Å²) in [4.78, 5) is 0. The monoisotopic (exact) mass is 265 g/mol. The van der Waals surface area contributed by atoms with Gasteiger partial charge in [0.25, 0.3) is 0 Å². The van der Waals surface area contributed by atoms with Crippen molar-refractivity contribution >= 4 is 0 Å². The first-order valence-electron chi connectivity index (χ1n) is 6.89. The molecule has 0 saturated carbocycles. The fraction of sp³-hybridized carbons (Fsp3) is 0.600. The van der Waals surface area contributed by atoms with Crippen molar-refractivity contribution in [3.05, 3.63) is 23.3 Å². The van der Waals surface area contributed by atoms with Crippen LogP contribution in [0.5, 0.6) is 11.5 Å². The fourth-order valence-electron chi connectivity index (χ4n) is 2.69. The Morgan fingerprint density at radius 1 is 1.21 bits per heavy atom. The van der Waals surface area contributed by atoms with E-state index in [-0.39, 0.29) is 6.61 Å². The van der Waals surface area contributed by atoms with Gasteiger partial charge >= 0.3 is 0 Å². The number of hydrogen-bond donors (Lipinski definition) is 2. The summed E-state index contributed by atoms with van der Waals surface area (Å²) < 4.78 is 10.7. The number of hydrogen-bond acceptors (Lipinski definition) is 4. The number of aliphatic hydroxyl groups excluding tert-OH is 1. The highest BCUT2D eigenvalue weighted by Gasteiger charge is 2.22. The third-order valence-electron chi connectivity index (χ3n) is 3.71. The van der Waals surface area contributed by atoms with Gasteiger partial charge < -0.3 is 19.9 Å². The smallest absolute Gasteiger partial charge is 0.161 e. The second-order valence-electron chi connectivity index (χ2n) is 4.88. The second-order valence-corrected chi connectivity index (χ2v) is 4.88. The van der Waals surface area contributed by atoms with Gasteiger partial charge in [-0.3, -0.25) is 0 Å². The van der Waals surface area contributed by atoms with Crippen LogP contribution in [0.1, 0.15) is 36.4 Å². The van der Waals surface area contributed by atoms with Crippen molar-refractivity contribution in [2.45, 2.75) is 31.7 Å². The zero-order valence-corrected chi connectivity index (χ0v) is 11.7. The molecule has 1 atom stereocenters. The van der Waals surface area contributed by atoms with Gasteiger partial charge in [0.2, 0.25) is 0 Å². The van der Waals surface area contributed by atoms with Crippen LogP contribution < -0.4 is 14.8 Å². The molecule has 0 unspecified atom stereocenters. The maximum atomic E-state index is 8.88. The molecule has 4 nitrogen and oxygen atoms in total. The first kappa shape index (κ1) is 14.2. The van der Waals surface area contributed by atoms with Crippen LogP contribution in [0.15, 0.2) is 12.1 Å². The summed E-state index contributed by atoms with van der Waals surface area (Å²) in [6.45, 7) is 1.26. The molecular formula is C15H23NO3. The van der Waals surface area contributed by atoms with Crippen LogP contribution in [-0.2, 0) is 6.42 Å². The van der Waals surface area contributed by atoms with E-state index < -0.39 is 0 Å². The summed E-state index contributed by atoms with van der Waals surface area (Å²) in [6, 6.07) is 4.54. The number of benzene rings is 1. The number of unbranched alkanes of at least 4 members (excludes halogenated alkanes) is 1. The number of ether oxygens (including phenoxy) is 2. The fourth-order valence-corrected chi connectivity index (χ4v) is 2.69. The highest BCUT2D eigenvalue weighted by molar-refractivity contribution is 5.49. The van der Waals surface area contributed by atoms with Gasteiger partial charge in [0.15, 0.2) is 11.5 Å². The van der Waals surface area contributed by atoms with Crippen molar-refractivity contribution in [2.24, 2.45) is 0 Å². The highest BCUT2D eigenvalue weighted by Crippen LogP contribution is 2.36. The van der Waals surface area contributed by atoms with Crippen molar-refractivity contribution in [1.82, 2.24) is 5.32 Å². The summed E-state index contributed by atoms with van der Waals surface area (Å²) in [7, 11) is 3.34. The minimum absolute atomic E-state index is 0.269. The van der Waals surface area contributed by atoms with Crippen molar-refractivity contribution in [1.29, 1.82) is 0 Å². The van der Waals surface area contributed by atoms with Gasteiger partial charge in [0.05, 0.1) is 14.2 Å². The maximum absolute atomic E-state index is 8.88. The average Bonchev–Trinajstić information content (AvgIpc) is 2.46. The molecule has 0 fully saturated rings. The second kappa shape index (κ2) is 6.78. The molecule has 2 rings (SSSR count).